The molecule has 0 fully saturated rings. The van der Waals surface area contributed by atoms with Crippen LogP contribution in [0.3, 0.4) is 0 Å². The zero-order chi connectivity index (χ0) is 8.85. The Kier molecular flexibility index (Phi) is 11.2. The number of rotatable bonds is 5. The number of nitrogens with zero attached hydrogens (tertiary/aromatic N) is 1. The molecule has 0 saturated carbocycles. The van der Waals surface area contributed by atoms with E-state index in [9.17, 15) is 0 Å². The molecule has 0 aliphatic carbocycles. The van der Waals surface area contributed by atoms with Crippen LogP contribution in [0, 0.1) is 0 Å². The minimum atomic E-state index is -0.241. The first-order valence-corrected chi connectivity index (χ1v) is 18.6. The summed E-state index contributed by atoms with van der Waals surface area (Å²) in [5.41, 5.74) is 0. The molecule has 0 aliphatic heterocycles. The maximum absolute atomic E-state index is 2.70. The smallest absolute Gasteiger partial charge is 0.283 e. The van der Waals surface area contributed by atoms with Crippen LogP contribution in [0.2, 0.25) is 0 Å². The van der Waals surface area contributed by atoms with E-state index in [2.05, 4.69) is 98.3 Å². The molecule has 0 spiro atoms. The SMILES string of the molecule is CCCCN([Si](I)I)[Si](I)I. The third-order valence-electron chi connectivity index (χ3n) is 1.14. The van der Waals surface area contributed by atoms with Gasteiger partial charge in [-0.05, 0) is 13.0 Å². The molecule has 0 rings (SSSR count). The van der Waals surface area contributed by atoms with Crippen LogP contribution in [-0.4, -0.2) is 18.7 Å². The number of hydrogen-bond acceptors (Lipinski definition) is 1. The molecule has 0 atom stereocenters. The molecule has 0 aromatic heterocycles. The number of hydrogen-bond donors (Lipinski definition) is 0. The van der Waals surface area contributed by atoms with E-state index in [1.165, 1.54) is 19.4 Å². The summed E-state index contributed by atoms with van der Waals surface area (Å²) in [6.07, 6.45) is 2.68. The number of halogens is 4. The summed E-state index contributed by atoms with van der Waals surface area (Å²) in [6.45, 7) is 3.58. The van der Waals surface area contributed by atoms with E-state index < -0.39 is 0 Å². The molecule has 66 valence electrons. The largest absolute Gasteiger partial charge is 0.314 e. The average Bonchev–Trinajstić information content (AvgIpc) is 1.87. The fraction of sp³-hybridized carbons (Fsp3) is 1.00. The molecule has 7 heteroatoms. The van der Waals surface area contributed by atoms with Crippen molar-refractivity contribution in [2.24, 2.45) is 0 Å². The lowest BCUT2D eigenvalue weighted by Crippen LogP contribution is -2.37. The topological polar surface area (TPSA) is 3.24 Å². The van der Waals surface area contributed by atoms with Crippen LogP contribution in [0.1, 0.15) is 19.8 Å². The van der Waals surface area contributed by atoms with Crippen LogP contribution < -0.4 is 0 Å². The highest BCUT2D eigenvalue weighted by molar-refractivity contribution is 14.3. The van der Waals surface area contributed by atoms with Crippen molar-refractivity contribution < 1.29 is 0 Å². The van der Waals surface area contributed by atoms with Crippen LogP contribution >= 0.6 is 87.2 Å². The van der Waals surface area contributed by atoms with Gasteiger partial charge in [-0.3, -0.25) is 0 Å². The second kappa shape index (κ2) is 8.61. The Morgan fingerprint density at radius 3 is 1.82 bits per heavy atom. The zero-order valence-corrected chi connectivity index (χ0v) is 16.7. The number of unbranched alkanes of at least 4 members (excludes halogenated alkanes) is 1. The maximum Gasteiger partial charge on any atom is 0.283 e. The van der Waals surface area contributed by atoms with Crippen molar-refractivity contribution in [1.29, 1.82) is 0 Å². The van der Waals surface area contributed by atoms with Gasteiger partial charge in [0.05, 0.1) is 0 Å². The molecule has 0 saturated heterocycles. The second-order valence-electron chi connectivity index (χ2n) is 1.99. The van der Waals surface area contributed by atoms with Gasteiger partial charge in [0.1, 0.15) is 0 Å². The highest BCUT2D eigenvalue weighted by Gasteiger charge is 2.21. The van der Waals surface area contributed by atoms with Crippen LogP contribution in [-0.2, 0) is 0 Å². The first kappa shape index (κ1) is 14.3. The van der Waals surface area contributed by atoms with E-state index in [0.29, 0.717) is 0 Å². The van der Waals surface area contributed by atoms with E-state index in [1.807, 2.05) is 0 Å². The van der Waals surface area contributed by atoms with Crippen LogP contribution in [0.15, 0.2) is 0 Å². The normalized spacial score (nSPS) is 12.0. The molecular weight excluding hydrogens is 626 g/mol. The van der Waals surface area contributed by atoms with Gasteiger partial charge in [0.15, 0.2) is 0 Å². The molecule has 0 unspecified atom stereocenters. The van der Waals surface area contributed by atoms with Gasteiger partial charge in [-0.2, -0.15) is 0 Å². The monoisotopic (exact) mass is 635 g/mol. The van der Waals surface area contributed by atoms with Crippen molar-refractivity contribution in [3.8, 4) is 0 Å². The van der Waals surface area contributed by atoms with Crippen LogP contribution in [0.4, 0.5) is 0 Å². The Morgan fingerprint density at radius 1 is 1.09 bits per heavy atom. The van der Waals surface area contributed by atoms with E-state index in [1.54, 1.807) is 0 Å². The Balaban J connectivity index is 3.70. The highest BCUT2D eigenvalue weighted by atomic mass is 127. The predicted octanol–water partition coefficient (Wildman–Crippen LogP) is 3.80. The first-order chi connectivity index (χ1) is 5.09. The molecule has 0 N–H and O–H groups in total. The van der Waals surface area contributed by atoms with Crippen molar-refractivity contribution in [3.63, 3.8) is 0 Å². The van der Waals surface area contributed by atoms with Gasteiger partial charge in [-0.1, -0.05) is 101 Å². The third-order valence-corrected chi connectivity index (χ3v) is 16.2. The van der Waals surface area contributed by atoms with Crippen molar-refractivity contribution in [1.82, 2.24) is 4.23 Å². The fourth-order valence-electron chi connectivity index (χ4n) is 0.549. The zero-order valence-electron chi connectivity index (χ0n) is 6.08. The van der Waals surface area contributed by atoms with Gasteiger partial charge in [0.2, 0.25) is 0 Å². The van der Waals surface area contributed by atoms with Crippen molar-refractivity contribution >= 4 is 95.1 Å². The quantitative estimate of drug-likeness (QED) is 0.253. The van der Waals surface area contributed by atoms with Crippen molar-refractivity contribution in [2.75, 3.05) is 6.54 Å². The summed E-state index contributed by atoms with van der Waals surface area (Å²) >= 11 is 10.4. The summed E-state index contributed by atoms with van der Waals surface area (Å²) in [6, 6.07) is 0. The lowest BCUT2D eigenvalue weighted by atomic mass is 10.3. The summed E-state index contributed by atoms with van der Waals surface area (Å²) in [5.74, 6) is 0. The first-order valence-electron chi connectivity index (χ1n) is 3.23. The molecule has 0 aromatic rings. The Bertz CT molecular complexity index is 94.1. The van der Waals surface area contributed by atoms with Gasteiger partial charge in [0, 0.05) is 0 Å². The van der Waals surface area contributed by atoms with E-state index in [-0.39, 0.29) is 7.90 Å². The van der Waals surface area contributed by atoms with Crippen LogP contribution in [0.5, 0.6) is 0 Å². The van der Waals surface area contributed by atoms with Gasteiger partial charge in [-0.25, -0.2) is 0 Å². The van der Waals surface area contributed by atoms with Gasteiger partial charge >= 0.3 is 0 Å². The molecule has 0 heterocycles. The highest BCUT2D eigenvalue weighted by Crippen LogP contribution is 2.20. The van der Waals surface area contributed by atoms with E-state index in [4.69, 9.17) is 0 Å². The Labute approximate surface area is 123 Å². The Hall–Kier alpha value is 3.31. The van der Waals surface area contributed by atoms with Gasteiger partial charge < -0.3 is 4.23 Å². The summed E-state index contributed by atoms with van der Waals surface area (Å²) < 4.78 is 2.21. The predicted molar refractivity (Wildman–Crippen MR) is 89.2 cm³/mol. The molecule has 0 aromatic carbocycles. The molecule has 1 nitrogen and oxygen atoms in total. The van der Waals surface area contributed by atoms with Crippen molar-refractivity contribution in [2.45, 2.75) is 19.8 Å². The molecule has 11 heavy (non-hydrogen) atoms. The minimum absolute atomic E-state index is 0.241. The van der Waals surface area contributed by atoms with E-state index >= 15 is 0 Å². The summed E-state index contributed by atoms with van der Waals surface area (Å²) in [5, 5.41) is 0. The molecular formula is C4H9I4NSi2. The second-order valence-corrected chi connectivity index (χ2v) is 29.1. The van der Waals surface area contributed by atoms with Gasteiger partial charge in [-0.15, -0.1) is 0 Å². The third kappa shape index (κ3) is 7.27. The molecule has 0 amide bonds. The van der Waals surface area contributed by atoms with Gasteiger partial charge in [0.25, 0.3) is 7.90 Å². The minimum Gasteiger partial charge on any atom is -0.314 e. The Morgan fingerprint density at radius 2 is 1.55 bits per heavy atom. The van der Waals surface area contributed by atoms with Crippen molar-refractivity contribution in [3.05, 3.63) is 0 Å². The molecule has 0 aliphatic rings. The fourth-order valence-corrected chi connectivity index (χ4v) is 29.9. The van der Waals surface area contributed by atoms with Crippen LogP contribution in [0.25, 0.3) is 0 Å². The maximum atomic E-state index is 2.70. The lowest BCUT2D eigenvalue weighted by molar-refractivity contribution is 0.630. The molecule has 0 bridgehead atoms. The lowest BCUT2D eigenvalue weighted by Gasteiger charge is -2.22. The average molecular weight is 635 g/mol. The summed E-state index contributed by atoms with van der Waals surface area (Å²) in [7, 11) is 0. The summed E-state index contributed by atoms with van der Waals surface area (Å²) in [4.78, 5) is 0. The van der Waals surface area contributed by atoms with E-state index in [0.717, 1.165) is 0 Å². The molecule has 2 radical (unpaired) electrons. The standard InChI is InChI=1S/C4H9I4NSi2/c1-2-3-4-9(10(5)6)11(7)8/h2-4H2,1H3.